The van der Waals surface area contributed by atoms with Gasteiger partial charge in [-0.05, 0) is 24.6 Å². The van der Waals surface area contributed by atoms with Crippen LogP contribution in [0.3, 0.4) is 0 Å². The van der Waals surface area contributed by atoms with E-state index in [1.807, 2.05) is 0 Å². The number of hydrogen-bond acceptors (Lipinski definition) is 4. The van der Waals surface area contributed by atoms with Crippen molar-refractivity contribution in [2.24, 2.45) is 15.3 Å². The Bertz CT molecular complexity index is 451. The molecular formula is C9H9N5O2. The summed E-state index contributed by atoms with van der Waals surface area (Å²) in [4.78, 5) is 13.5. The first kappa shape index (κ1) is 11.7. The molecule has 16 heavy (non-hydrogen) atoms. The molecule has 0 fully saturated rings. The molecule has 1 amide bonds. The summed E-state index contributed by atoms with van der Waals surface area (Å²) in [5.41, 5.74) is 9.05. The van der Waals surface area contributed by atoms with Gasteiger partial charge in [0.05, 0.1) is 12.3 Å². The van der Waals surface area contributed by atoms with Gasteiger partial charge in [-0.25, -0.2) is 4.79 Å². The van der Waals surface area contributed by atoms with Crippen LogP contribution in [0.15, 0.2) is 39.6 Å². The van der Waals surface area contributed by atoms with Crippen LogP contribution in [0.1, 0.15) is 6.92 Å². The van der Waals surface area contributed by atoms with Crippen molar-refractivity contribution in [1.29, 1.82) is 0 Å². The summed E-state index contributed by atoms with van der Waals surface area (Å²) in [7, 11) is 0. The highest BCUT2D eigenvalue weighted by molar-refractivity contribution is 5.68. The molecule has 1 aromatic carbocycles. The van der Waals surface area contributed by atoms with Crippen LogP contribution in [-0.4, -0.2) is 12.7 Å². The van der Waals surface area contributed by atoms with E-state index in [1.54, 1.807) is 25.1 Å². The van der Waals surface area contributed by atoms with Crippen molar-refractivity contribution < 1.29 is 9.53 Å². The number of ether oxygens (including phenoxy) is 1. The van der Waals surface area contributed by atoms with Gasteiger partial charge in [-0.2, -0.15) is 0 Å². The Hall–Kier alpha value is -2.40. The number of amides is 1. The molecule has 0 N–H and O–H groups in total. The summed E-state index contributed by atoms with van der Waals surface area (Å²) >= 11 is 0. The molecule has 0 aliphatic carbocycles. The summed E-state index contributed by atoms with van der Waals surface area (Å²) in [6, 6.07) is 6.38. The number of benzene rings is 1. The van der Waals surface area contributed by atoms with E-state index in [1.165, 1.54) is 6.07 Å². The van der Waals surface area contributed by atoms with Gasteiger partial charge in [0.1, 0.15) is 0 Å². The molecule has 82 valence electrons. The monoisotopic (exact) mass is 219 g/mol. The van der Waals surface area contributed by atoms with Crippen LogP contribution < -0.4 is 0 Å². The average Bonchev–Trinajstić information content (AvgIpc) is 2.28. The summed E-state index contributed by atoms with van der Waals surface area (Å²) in [5.74, 6) is 0. The van der Waals surface area contributed by atoms with E-state index in [-0.39, 0.29) is 6.61 Å². The minimum atomic E-state index is -0.753. The fourth-order valence-corrected chi connectivity index (χ4v) is 0.920. The van der Waals surface area contributed by atoms with E-state index < -0.39 is 6.09 Å². The zero-order valence-electron chi connectivity index (χ0n) is 8.57. The van der Waals surface area contributed by atoms with E-state index >= 15 is 0 Å². The first-order valence-electron chi connectivity index (χ1n) is 4.50. The smallest absolute Gasteiger partial charge is 0.447 e. The highest BCUT2D eigenvalue weighted by Gasteiger charge is 1.97. The molecule has 0 spiro atoms. The predicted molar refractivity (Wildman–Crippen MR) is 56.8 cm³/mol. The highest BCUT2D eigenvalue weighted by atomic mass is 16.5. The van der Waals surface area contributed by atoms with Crippen LogP contribution in [0.25, 0.3) is 10.4 Å². The molecule has 0 aliphatic rings. The molecule has 0 aliphatic heterocycles. The lowest BCUT2D eigenvalue weighted by molar-refractivity contribution is 0.162. The van der Waals surface area contributed by atoms with Crippen LogP contribution in [0.2, 0.25) is 0 Å². The molecule has 0 saturated carbocycles. The van der Waals surface area contributed by atoms with Crippen molar-refractivity contribution in [1.82, 2.24) is 0 Å². The van der Waals surface area contributed by atoms with Gasteiger partial charge in [0.15, 0.2) is 0 Å². The minimum Gasteiger partial charge on any atom is -0.447 e. The van der Waals surface area contributed by atoms with E-state index in [0.717, 1.165) is 0 Å². The molecule has 0 aromatic heterocycles. The lowest BCUT2D eigenvalue weighted by atomic mass is 10.3. The number of rotatable bonds is 3. The van der Waals surface area contributed by atoms with E-state index in [9.17, 15) is 4.79 Å². The van der Waals surface area contributed by atoms with Crippen LogP contribution in [0.4, 0.5) is 16.2 Å². The normalized spacial score (nSPS) is 9.81. The zero-order chi connectivity index (χ0) is 11.8. The van der Waals surface area contributed by atoms with Gasteiger partial charge < -0.3 is 4.74 Å². The third-order valence-corrected chi connectivity index (χ3v) is 1.50. The number of carbonyl (C=O) groups excluding carboxylic acids is 1. The maximum absolute atomic E-state index is 10.9. The molecule has 1 rings (SSSR count). The Morgan fingerprint density at radius 3 is 2.94 bits per heavy atom. The number of nitrogens with zero attached hydrogens (tertiary/aromatic N) is 5. The summed E-state index contributed by atoms with van der Waals surface area (Å²) < 4.78 is 4.56. The molecule has 0 saturated heterocycles. The average molecular weight is 219 g/mol. The lowest BCUT2D eigenvalue weighted by Gasteiger charge is -1.94. The highest BCUT2D eigenvalue weighted by Crippen LogP contribution is 2.20. The Morgan fingerprint density at radius 2 is 2.25 bits per heavy atom. The Balaban J connectivity index is 2.77. The molecule has 0 heterocycles. The molecule has 1 aromatic rings. The predicted octanol–water partition coefficient (Wildman–Crippen LogP) is 3.87. The summed E-state index contributed by atoms with van der Waals surface area (Å²) in [5, 5.41) is 10.3. The van der Waals surface area contributed by atoms with Crippen LogP contribution in [0.5, 0.6) is 0 Å². The standard InChI is InChI=1S/C9H9N5O2/c1-2-16-9(15)13-11-7-4-3-5-8(6-7)12-14-10/h3-6H,2H2,1H3. The second-order valence-corrected chi connectivity index (χ2v) is 2.61. The van der Waals surface area contributed by atoms with Crippen LogP contribution in [-0.2, 0) is 4.74 Å². The second-order valence-electron chi connectivity index (χ2n) is 2.61. The van der Waals surface area contributed by atoms with Crippen molar-refractivity contribution in [2.75, 3.05) is 6.61 Å². The van der Waals surface area contributed by atoms with Gasteiger partial charge in [0.2, 0.25) is 0 Å². The number of hydrogen-bond donors (Lipinski definition) is 0. The fraction of sp³-hybridized carbons (Fsp3) is 0.222. The topological polar surface area (TPSA) is 99.8 Å². The molecule has 0 bridgehead atoms. The third-order valence-electron chi connectivity index (χ3n) is 1.50. The molecule has 0 radical (unpaired) electrons. The van der Waals surface area contributed by atoms with Crippen molar-refractivity contribution in [3.8, 4) is 0 Å². The molecule has 7 heteroatoms. The molecule has 7 nitrogen and oxygen atoms in total. The molecular weight excluding hydrogens is 210 g/mol. The molecule has 0 unspecified atom stereocenters. The van der Waals surface area contributed by atoms with Gasteiger partial charge in [-0.3, -0.25) is 0 Å². The van der Waals surface area contributed by atoms with Gasteiger partial charge in [0.25, 0.3) is 0 Å². The van der Waals surface area contributed by atoms with Crippen molar-refractivity contribution in [2.45, 2.75) is 6.92 Å². The van der Waals surface area contributed by atoms with Crippen molar-refractivity contribution in [3.05, 3.63) is 34.7 Å². The van der Waals surface area contributed by atoms with Crippen molar-refractivity contribution in [3.63, 3.8) is 0 Å². The Labute approximate surface area is 91.4 Å². The maximum atomic E-state index is 10.9. The maximum Gasteiger partial charge on any atom is 0.452 e. The Kier molecular flexibility index (Phi) is 4.49. The zero-order valence-corrected chi connectivity index (χ0v) is 8.57. The first-order valence-corrected chi connectivity index (χ1v) is 4.50. The number of azo groups is 1. The lowest BCUT2D eigenvalue weighted by Crippen LogP contribution is -1.95. The van der Waals surface area contributed by atoms with Crippen molar-refractivity contribution >= 4 is 17.5 Å². The van der Waals surface area contributed by atoms with E-state index in [2.05, 4.69) is 25.0 Å². The summed E-state index contributed by atoms with van der Waals surface area (Å²) in [6.07, 6.45) is -0.753. The second kappa shape index (κ2) is 6.15. The largest absolute Gasteiger partial charge is 0.452 e. The van der Waals surface area contributed by atoms with Gasteiger partial charge in [-0.1, -0.05) is 22.4 Å². The first-order chi connectivity index (χ1) is 7.76. The summed E-state index contributed by atoms with van der Waals surface area (Å²) in [6.45, 7) is 1.92. The number of azide groups is 1. The van der Waals surface area contributed by atoms with E-state index in [4.69, 9.17) is 5.53 Å². The number of carbonyl (C=O) groups is 1. The van der Waals surface area contributed by atoms with Gasteiger partial charge in [-0.15, -0.1) is 5.11 Å². The quantitative estimate of drug-likeness (QED) is 0.437. The van der Waals surface area contributed by atoms with Gasteiger partial charge in [0, 0.05) is 10.6 Å². The third kappa shape index (κ3) is 3.77. The van der Waals surface area contributed by atoms with Crippen LogP contribution >= 0.6 is 0 Å². The minimum absolute atomic E-state index is 0.247. The van der Waals surface area contributed by atoms with Crippen LogP contribution in [0, 0.1) is 0 Å². The molecule has 0 atom stereocenters. The fourth-order valence-electron chi connectivity index (χ4n) is 0.920. The Morgan fingerprint density at radius 1 is 1.50 bits per heavy atom. The van der Waals surface area contributed by atoms with E-state index in [0.29, 0.717) is 11.4 Å². The SMILES string of the molecule is CCOC(=O)N=Nc1cccc(N=[N+]=[N-])c1. The van der Waals surface area contributed by atoms with Gasteiger partial charge >= 0.3 is 6.09 Å².